The average Bonchev–Trinajstić information content (AvgIpc) is 2.58. The van der Waals surface area contributed by atoms with Gasteiger partial charge in [-0.3, -0.25) is 0 Å². The Hall–Kier alpha value is -1.61. The van der Waals surface area contributed by atoms with Crippen molar-refractivity contribution < 1.29 is 0 Å². The summed E-state index contributed by atoms with van der Waals surface area (Å²) in [7, 11) is 2.13. The SMILES string of the molecule is Cc1cccc2c1N(C)C(c1cc(Cl)ncn1)C2(C)C. The van der Waals surface area contributed by atoms with Gasteiger partial charge in [0, 0.05) is 18.2 Å². The monoisotopic (exact) mass is 287 g/mol. The smallest absolute Gasteiger partial charge is 0.132 e. The van der Waals surface area contributed by atoms with E-state index in [1.807, 2.05) is 6.07 Å². The van der Waals surface area contributed by atoms with Crippen molar-refractivity contribution in [3.63, 3.8) is 0 Å². The molecule has 1 aliphatic rings. The summed E-state index contributed by atoms with van der Waals surface area (Å²) < 4.78 is 0. The Labute approximate surface area is 124 Å². The molecule has 1 atom stereocenters. The van der Waals surface area contributed by atoms with Gasteiger partial charge in [0.15, 0.2) is 0 Å². The molecule has 2 aromatic rings. The summed E-state index contributed by atoms with van der Waals surface area (Å²) in [6.07, 6.45) is 1.54. The molecular weight excluding hydrogens is 270 g/mol. The summed E-state index contributed by atoms with van der Waals surface area (Å²) in [6.45, 7) is 6.67. The maximum atomic E-state index is 6.04. The fraction of sp³-hybridized carbons (Fsp3) is 0.375. The van der Waals surface area contributed by atoms with Gasteiger partial charge in [0.05, 0.1) is 11.7 Å². The summed E-state index contributed by atoms with van der Waals surface area (Å²) in [4.78, 5) is 10.7. The van der Waals surface area contributed by atoms with Crippen molar-refractivity contribution in [2.24, 2.45) is 0 Å². The molecule has 1 aromatic heterocycles. The van der Waals surface area contributed by atoms with Gasteiger partial charge in [-0.15, -0.1) is 0 Å². The maximum absolute atomic E-state index is 6.04. The molecule has 0 saturated carbocycles. The first-order chi connectivity index (χ1) is 9.43. The Balaban J connectivity index is 2.18. The van der Waals surface area contributed by atoms with Gasteiger partial charge in [-0.05, 0) is 24.1 Å². The molecule has 1 aromatic carbocycles. The van der Waals surface area contributed by atoms with E-state index in [0.717, 1.165) is 5.69 Å². The van der Waals surface area contributed by atoms with E-state index >= 15 is 0 Å². The predicted molar refractivity (Wildman–Crippen MR) is 82.4 cm³/mol. The van der Waals surface area contributed by atoms with E-state index < -0.39 is 0 Å². The molecule has 0 N–H and O–H groups in total. The number of para-hydroxylation sites is 1. The van der Waals surface area contributed by atoms with Crippen LogP contribution >= 0.6 is 11.6 Å². The summed E-state index contributed by atoms with van der Waals surface area (Å²) in [5.41, 5.74) is 4.90. The van der Waals surface area contributed by atoms with Crippen LogP contribution in [-0.4, -0.2) is 17.0 Å². The number of rotatable bonds is 1. The normalized spacial score (nSPS) is 20.1. The largest absolute Gasteiger partial charge is 0.365 e. The third-order valence-electron chi connectivity index (χ3n) is 4.29. The van der Waals surface area contributed by atoms with E-state index in [0.29, 0.717) is 5.15 Å². The zero-order valence-electron chi connectivity index (χ0n) is 12.2. The number of nitrogens with zero attached hydrogens (tertiary/aromatic N) is 3. The van der Waals surface area contributed by atoms with Crippen LogP contribution < -0.4 is 4.90 Å². The lowest BCUT2D eigenvalue weighted by molar-refractivity contribution is 0.432. The number of likely N-dealkylation sites (N-methyl/N-ethyl adjacent to an activating group) is 1. The molecule has 104 valence electrons. The molecule has 0 aliphatic carbocycles. The molecule has 20 heavy (non-hydrogen) atoms. The van der Waals surface area contributed by atoms with Gasteiger partial charge in [0.2, 0.25) is 0 Å². The molecule has 0 fully saturated rings. The van der Waals surface area contributed by atoms with Gasteiger partial charge in [-0.1, -0.05) is 43.6 Å². The summed E-state index contributed by atoms with van der Waals surface area (Å²) in [5, 5.41) is 0.492. The fourth-order valence-corrected chi connectivity index (χ4v) is 3.63. The van der Waals surface area contributed by atoms with Crippen molar-refractivity contribution in [1.29, 1.82) is 0 Å². The van der Waals surface area contributed by atoms with Crippen molar-refractivity contribution in [1.82, 2.24) is 9.97 Å². The van der Waals surface area contributed by atoms with Gasteiger partial charge in [0.25, 0.3) is 0 Å². The van der Waals surface area contributed by atoms with Crippen molar-refractivity contribution in [3.8, 4) is 0 Å². The highest BCUT2D eigenvalue weighted by Gasteiger charge is 2.45. The van der Waals surface area contributed by atoms with Gasteiger partial charge in [-0.2, -0.15) is 0 Å². The topological polar surface area (TPSA) is 29.0 Å². The van der Waals surface area contributed by atoms with Crippen LogP contribution in [0, 0.1) is 6.92 Å². The van der Waals surface area contributed by atoms with Crippen molar-refractivity contribution in [2.75, 3.05) is 11.9 Å². The van der Waals surface area contributed by atoms with Gasteiger partial charge in [-0.25, -0.2) is 9.97 Å². The van der Waals surface area contributed by atoms with E-state index in [2.05, 4.69) is 60.9 Å². The van der Waals surface area contributed by atoms with Crippen LogP contribution in [-0.2, 0) is 5.41 Å². The van der Waals surface area contributed by atoms with Crippen LogP contribution in [0.25, 0.3) is 0 Å². The summed E-state index contributed by atoms with van der Waals surface area (Å²) in [5.74, 6) is 0. The third-order valence-corrected chi connectivity index (χ3v) is 4.50. The highest BCUT2D eigenvalue weighted by atomic mass is 35.5. The highest BCUT2D eigenvalue weighted by molar-refractivity contribution is 6.29. The van der Waals surface area contributed by atoms with E-state index in [9.17, 15) is 0 Å². The van der Waals surface area contributed by atoms with Crippen LogP contribution in [0.1, 0.15) is 36.7 Å². The van der Waals surface area contributed by atoms with Crippen LogP contribution in [0.5, 0.6) is 0 Å². The maximum Gasteiger partial charge on any atom is 0.132 e. The number of benzene rings is 1. The number of anilines is 1. The Bertz CT molecular complexity index is 667. The molecule has 1 unspecified atom stereocenters. The number of halogens is 1. The Kier molecular flexibility index (Phi) is 2.98. The first kappa shape index (κ1) is 13.4. The van der Waals surface area contributed by atoms with E-state index in [1.54, 1.807) is 0 Å². The molecule has 1 aliphatic heterocycles. The molecular formula is C16H18ClN3. The van der Waals surface area contributed by atoms with Crippen LogP contribution in [0.2, 0.25) is 5.15 Å². The Morgan fingerprint density at radius 3 is 2.65 bits per heavy atom. The zero-order chi connectivity index (χ0) is 14.5. The second kappa shape index (κ2) is 4.45. The second-order valence-electron chi connectivity index (χ2n) is 5.97. The molecule has 4 heteroatoms. The van der Waals surface area contributed by atoms with Crippen molar-refractivity contribution in [2.45, 2.75) is 32.2 Å². The van der Waals surface area contributed by atoms with Crippen LogP contribution in [0.3, 0.4) is 0 Å². The minimum Gasteiger partial charge on any atom is -0.365 e. The molecule has 0 spiro atoms. The zero-order valence-corrected chi connectivity index (χ0v) is 12.9. The summed E-state index contributed by atoms with van der Waals surface area (Å²) in [6, 6.07) is 8.52. The molecule has 3 rings (SSSR count). The Morgan fingerprint density at radius 1 is 1.25 bits per heavy atom. The van der Waals surface area contributed by atoms with E-state index in [4.69, 9.17) is 11.6 Å². The average molecular weight is 288 g/mol. The highest BCUT2D eigenvalue weighted by Crippen LogP contribution is 2.52. The molecule has 0 radical (unpaired) electrons. The molecule has 0 saturated heterocycles. The first-order valence-electron chi connectivity index (χ1n) is 6.73. The van der Waals surface area contributed by atoms with Crippen LogP contribution in [0.15, 0.2) is 30.6 Å². The summed E-state index contributed by atoms with van der Waals surface area (Å²) >= 11 is 6.04. The molecule has 0 amide bonds. The van der Waals surface area contributed by atoms with Gasteiger partial charge in [0.1, 0.15) is 11.5 Å². The number of hydrogen-bond acceptors (Lipinski definition) is 3. The fourth-order valence-electron chi connectivity index (χ4n) is 3.47. The van der Waals surface area contributed by atoms with E-state index in [1.165, 1.54) is 23.1 Å². The van der Waals surface area contributed by atoms with Crippen molar-refractivity contribution in [3.05, 3.63) is 52.6 Å². The number of fused-ring (bicyclic) bond motifs is 1. The van der Waals surface area contributed by atoms with Crippen LogP contribution in [0.4, 0.5) is 5.69 Å². The second-order valence-corrected chi connectivity index (χ2v) is 6.36. The standard InChI is InChI=1S/C16H18ClN3/c1-10-6-5-7-11-14(10)20(4)15(16(11,2)3)12-8-13(17)19-9-18-12/h5-9,15H,1-4H3. The minimum atomic E-state index is -0.0201. The van der Waals surface area contributed by atoms with E-state index in [-0.39, 0.29) is 11.5 Å². The van der Waals surface area contributed by atoms with Crippen molar-refractivity contribution >= 4 is 17.3 Å². The Morgan fingerprint density at radius 2 is 2.00 bits per heavy atom. The number of hydrogen-bond donors (Lipinski definition) is 0. The predicted octanol–water partition coefficient (Wildman–Crippen LogP) is 3.91. The quantitative estimate of drug-likeness (QED) is 0.745. The van der Waals surface area contributed by atoms with Gasteiger partial charge < -0.3 is 4.90 Å². The lowest BCUT2D eigenvalue weighted by Gasteiger charge is -2.31. The first-order valence-corrected chi connectivity index (χ1v) is 7.11. The van der Waals surface area contributed by atoms with Gasteiger partial charge >= 0.3 is 0 Å². The lowest BCUT2D eigenvalue weighted by atomic mass is 9.79. The molecule has 0 bridgehead atoms. The molecule has 3 nitrogen and oxygen atoms in total. The minimum absolute atomic E-state index is 0.0201. The number of aryl methyl sites for hydroxylation is 1. The lowest BCUT2D eigenvalue weighted by Crippen LogP contribution is -2.32. The molecule has 2 heterocycles. The third kappa shape index (κ3) is 1.80. The number of aromatic nitrogens is 2.